The number of hydrogen-bond donors (Lipinski definition) is 1. The summed E-state index contributed by atoms with van der Waals surface area (Å²) in [5.74, 6) is -1.16. The van der Waals surface area contributed by atoms with Gasteiger partial charge in [0.1, 0.15) is 5.82 Å². The first-order valence-electron chi connectivity index (χ1n) is 11.1. The van der Waals surface area contributed by atoms with E-state index in [4.69, 9.17) is 0 Å². The largest absolute Gasteiger partial charge is 0.349 e. The smallest absolute Gasteiger partial charge is 0.223 e. The molecule has 5 nitrogen and oxygen atoms in total. The van der Waals surface area contributed by atoms with Crippen molar-refractivity contribution in [1.82, 2.24) is 9.62 Å². The van der Waals surface area contributed by atoms with Gasteiger partial charge in [0.25, 0.3) is 0 Å². The average Bonchev–Trinajstić information content (AvgIpc) is 2.75. The van der Waals surface area contributed by atoms with Crippen molar-refractivity contribution in [3.05, 3.63) is 71.0 Å². The van der Waals surface area contributed by atoms with Crippen LogP contribution in [-0.2, 0) is 26.0 Å². The number of nitrogens with one attached hydrogen (secondary N) is 1. The third kappa shape index (κ3) is 5.95. The first-order valence-corrected chi connectivity index (χ1v) is 12.7. The molecule has 0 aromatic heterocycles. The summed E-state index contributed by atoms with van der Waals surface area (Å²) in [7, 11) is -3.63. The monoisotopic (exact) mass is 460 g/mol. The Morgan fingerprint density at radius 1 is 1.09 bits per heavy atom. The molecule has 0 aliphatic carbocycles. The lowest BCUT2D eigenvalue weighted by Gasteiger charge is -2.31. The highest BCUT2D eigenvalue weighted by Crippen LogP contribution is 2.26. The second-order valence-corrected chi connectivity index (χ2v) is 11.6. The summed E-state index contributed by atoms with van der Waals surface area (Å²) in [5, 5.41) is 3.07. The van der Waals surface area contributed by atoms with Gasteiger partial charge in [-0.1, -0.05) is 63.2 Å². The fraction of sp³-hybridized carbons (Fsp3) is 0.480. The number of carbonyl (C=O) groups excluding carboxylic acids is 1. The van der Waals surface area contributed by atoms with Gasteiger partial charge in [-0.05, 0) is 42.4 Å². The summed E-state index contributed by atoms with van der Waals surface area (Å²) in [6.45, 7) is 8.98. The van der Waals surface area contributed by atoms with Gasteiger partial charge in [-0.25, -0.2) is 17.1 Å². The van der Waals surface area contributed by atoms with Crippen LogP contribution in [0.2, 0.25) is 0 Å². The Morgan fingerprint density at radius 3 is 2.25 bits per heavy atom. The van der Waals surface area contributed by atoms with Crippen molar-refractivity contribution < 1.29 is 17.6 Å². The van der Waals surface area contributed by atoms with E-state index in [9.17, 15) is 17.6 Å². The van der Waals surface area contributed by atoms with Gasteiger partial charge in [0.15, 0.2) is 0 Å². The van der Waals surface area contributed by atoms with Crippen LogP contribution in [0.5, 0.6) is 0 Å². The fourth-order valence-corrected chi connectivity index (χ4v) is 5.56. The standard InChI is InChI=1S/C25H33FN2O3S/c1-18(19-9-11-22(12-10-19)25(2,3)4)27-24(29)20-13-15-28(16-14-20)32(30,31)17-21-7-5-6-8-23(21)26/h5-12,18,20H,13-17H2,1-4H3,(H,27,29)/t18-/m0/s1. The predicted octanol–water partition coefficient (Wildman–Crippen LogP) is 4.54. The van der Waals surface area contributed by atoms with Crippen LogP contribution in [-0.4, -0.2) is 31.7 Å². The molecule has 1 amide bonds. The molecule has 1 fully saturated rings. The van der Waals surface area contributed by atoms with Crippen LogP contribution in [0.25, 0.3) is 0 Å². The van der Waals surface area contributed by atoms with Gasteiger partial charge in [-0.2, -0.15) is 0 Å². The van der Waals surface area contributed by atoms with Gasteiger partial charge in [0, 0.05) is 24.6 Å². The Labute approximate surface area is 191 Å². The Kier molecular flexibility index (Phi) is 7.40. The number of halogens is 1. The van der Waals surface area contributed by atoms with E-state index >= 15 is 0 Å². The van der Waals surface area contributed by atoms with Gasteiger partial charge in [-0.15, -0.1) is 0 Å². The summed E-state index contributed by atoms with van der Waals surface area (Å²) in [5.41, 5.74) is 2.52. The van der Waals surface area contributed by atoms with Gasteiger partial charge < -0.3 is 5.32 Å². The lowest BCUT2D eigenvalue weighted by Crippen LogP contribution is -2.43. The van der Waals surface area contributed by atoms with Gasteiger partial charge in [0.05, 0.1) is 11.8 Å². The number of hydrogen-bond acceptors (Lipinski definition) is 3. The molecule has 3 rings (SSSR count). The van der Waals surface area contributed by atoms with Crippen LogP contribution >= 0.6 is 0 Å². The molecule has 1 aliphatic rings. The van der Waals surface area contributed by atoms with E-state index in [0.717, 1.165) is 5.56 Å². The zero-order chi connectivity index (χ0) is 23.5. The number of carbonyl (C=O) groups is 1. The maximum absolute atomic E-state index is 13.9. The molecule has 0 spiro atoms. The van der Waals surface area contributed by atoms with E-state index in [-0.39, 0.29) is 47.7 Å². The molecular formula is C25H33FN2O3S. The zero-order valence-corrected chi connectivity index (χ0v) is 20.1. The molecule has 0 saturated carbocycles. The maximum Gasteiger partial charge on any atom is 0.223 e. The molecular weight excluding hydrogens is 427 g/mol. The van der Waals surface area contributed by atoms with Crippen LogP contribution in [0.4, 0.5) is 4.39 Å². The molecule has 2 aromatic carbocycles. The van der Waals surface area contributed by atoms with E-state index in [1.54, 1.807) is 6.07 Å². The molecule has 7 heteroatoms. The summed E-state index contributed by atoms with van der Waals surface area (Å²) < 4.78 is 40.6. The molecule has 2 aromatic rings. The third-order valence-electron chi connectivity index (χ3n) is 6.15. The predicted molar refractivity (Wildman–Crippen MR) is 125 cm³/mol. The SMILES string of the molecule is C[C@H](NC(=O)C1CCN(S(=O)(=O)Cc2ccccc2F)CC1)c1ccc(C(C)(C)C)cc1. The minimum absolute atomic E-state index is 0.0523. The topological polar surface area (TPSA) is 66.5 Å². The highest BCUT2D eigenvalue weighted by Gasteiger charge is 2.32. The van der Waals surface area contributed by atoms with Crippen LogP contribution in [0, 0.1) is 11.7 Å². The number of nitrogens with zero attached hydrogens (tertiary/aromatic N) is 1. The lowest BCUT2D eigenvalue weighted by molar-refractivity contribution is -0.126. The number of benzene rings is 2. The molecule has 1 saturated heterocycles. The van der Waals surface area contributed by atoms with Crippen molar-refractivity contribution in [3.63, 3.8) is 0 Å². The summed E-state index contributed by atoms with van der Waals surface area (Å²) in [4.78, 5) is 12.8. The first kappa shape index (κ1) is 24.4. The fourth-order valence-electron chi connectivity index (χ4n) is 3.99. The van der Waals surface area contributed by atoms with Crippen molar-refractivity contribution in [1.29, 1.82) is 0 Å². The molecule has 0 radical (unpaired) electrons. The van der Waals surface area contributed by atoms with Crippen molar-refractivity contribution >= 4 is 15.9 Å². The van der Waals surface area contributed by atoms with Crippen LogP contribution in [0.3, 0.4) is 0 Å². The highest BCUT2D eigenvalue weighted by molar-refractivity contribution is 7.88. The summed E-state index contributed by atoms with van der Waals surface area (Å²) in [6, 6.07) is 14.1. The Hall–Kier alpha value is -2.25. The quantitative estimate of drug-likeness (QED) is 0.688. The summed E-state index contributed by atoms with van der Waals surface area (Å²) in [6.07, 6.45) is 0.913. The second kappa shape index (κ2) is 9.71. The zero-order valence-electron chi connectivity index (χ0n) is 19.3. The molecule has 32 heavy (non-hydrogen) atoms. The minimum Gasteiger partial charge on any atom is -0.349 e. The molecule has 1 aliphatic heterocycles. The Bertz CT molecular complexity index is 1040. The number of rotatable bonds is 6. The Morgan fingerprint density at radius 2 is 1.69 bits per heavy atom. The van der Waals surface area contributed by atoms with Gasteiger partial charge in [-0.3, -0.25) is 4.79 Å². The molecule has 1 atom stereocenters. The highest BCUT2D eigenvalue weighted by atomic mass is 32.2. The van der Waals surface area contributed by atoms with Crippen LogP contribution < -0.4 is 5.32 Å². The van der Waals surface area contributed by atoms with E-state index in [2.05, 4.69) is 38.2 Å². The third-order valence-corrected chi connectivity index (χ3v) is 7.98. The first-order chi connectivity index (χ1) is 15.0. The Balaban J connectivity index is 1.54. The number of amides is 1. The van der Waals surface area contributed by atoms with E-state index in [1.165, 1.54) is 28.1 Å². The minimum atomic E-state index is -3.63. The lowest BCUT2D eigenvalue weighted by atomic mass is 9.86. The molecule has 1 N–H and O–H groups in total. The molecule has 0 unspecified atom stereocenters. The van der Waals surface area contributed by atoms with E-state index in [0.29, 0.717) is 12.8 Å². The van der Waals surface area contributed by atoms with Crippen molar-refractivity contribution in [3.8, 4) is 0 Å². The second-order valence-electron chi connectivity index (χ2n) is 9.62. The number of sulfonamides is 1. The van der Waals surface area contributed by atoms with Crippen molar-refractivity contribution in [2.75, 3.05) is 13.1 Å². The van der Waals surface area contributed by atoms with Gasteiger partial charge >= 0.3 is 0 Å². The van der Waals surface area contributed by atoms with E-state index in [1.807, 2.05) is 19.1 Å². The maximum atomic E-state index is 13.9. The van der Waals surface area contributed by atoms with Crippen LogP contribution in [0.1, 0.15) is 63.3 Å². The van der Waals surface area contributed by atoms with Crippen molar-refractivity contribution in [2.24, 2.45) is 5.92 Å². The molecule has 174 valence electrons. The molecule has 1 heterocycles. The van der Waals surface area contributed by atoms with E-state index < -0.39 is 15.8 Å². The van der Waals surface area contributed by atoms with Crippen molar-refractivity contribution in [2.45, 2.75) is 57.7 Å². The number of piperidine rings is 1. The normalized spacial score (nSPS) is 17.2. The molecule has 0 bridgehead atoms. The average molecular weight is 461 g/mol. The van der Waals surface area contributed by atoms with Gasteiger partial charge in [0.2, 0.25) is 15.9 Å². The van der Waals surface area contributed by atoms with Crippen LogP contribution in [0.15, 0.2) is 48.5 Å². The summed E-state index contributed by atoms with van der Waals surface area (Å²) >= 11 is 0.